The molecule has 270 valence electrons. The van der Waals surface area contributed by atoms with Crippen LogP contribution in [0, 0.1) is 0 Å². The van der Waals surface area contributed by atoms with Gasteiger partial charge in [0.05, 0.1) is 6.42 Å². The topological polar surface area (TPSA) is 229 Å². The molecular formula is C29H52ClF3N10O3S. The summed E-state index contributed by atoms with van der Waals surface area (Å²) < 4.78 is 37.5. The summed E-state index contributed by atoms with van der Waals surface area (Å²) in [5, 5.41) is 12.8. The monoisotopic (exact) mass is 712 g/mol. The van der Waals surface area contributed by atoms with Crippen LogP contribution in [0.25, 0.3) is 0 Å². The SMILES string of the molecule is CO.Cl.N.N.N.O=C(CC(=O)c1ccc(Nc2nc(N3CCCCC3)nc(N3CCCC3)n2)cc1)Nc1ccc(SC(F)(F)F)cc1.[HH].[HH].[HH].[HH]. The number of anilines is 5. The number of aliphatic hydroxyl groups excluding tert-OH is 1. The van der Waals surface area contributed by atoms with Crippen molar-refractivity contribution in [2.45, 2.75) is 48.9 Å². The molecule has 2 fully saturated rings. The number of aliphatic hydroxyl groups is 1. The molecule has 3 aromatic rings. The maximum absolute atomic E-state index is 12.7. The molecule has 0 radical (unpaired) electrons. The summed E-state index contributed by atoms with van der Waals surface area (Å²) in [6.07, 6.45) is 5.22. The van der Waals surface area contributed by atoms with E-state index in [0.29, 0.717) is 34.8 Å². The fourth-order valence-electron chi connectivity index (χ4n) is 4.77. The van der Waals surface area contributed by atoms with Crippen LogP contribution in [0.15, 0.2) is 53.4 Å². The maximum Gasteiger partial charge on any atom is 0.446 e. The van der Waals surface area contributed by atoms with Crippen molar-refractivity contribution in [2.24, 2.45) is 0 Å². The van der Waals surface area contributed by atoms with Gasteiger partial charge >= 0.3 is 5.51 Å². The highest BCUT2D eigenvalue weighted by Crippen LogP contribution is 2.37. The normalized spacial score (nSPS) is 13.7. The van der Waals surface area contributed by atoms with Gasteiger partial charge in [0.15, 0.2) is 5.78 Å². The van der Waals surface area contributed by atoms with Crippen molar-refractivity contribution in [1.82, 2.24) is 33.4 Å². The first-order chi connectivity index (χ1) is 20.7. The molecular weight excluding hydrogens is 661 g/mol. The van der Waals surface area contributed by atoms with Crippen LogP contribution in [-0.4, -0.2) is 70.5 Å². The van der Waals surface area contributed by atoms with Gasteiger partial charge < -0.3 is 44.0 Å². The average Bonchev–Trinajstić information content (AvgIpc) is 3.55. The quantitative estimate of drug-likeness (QED) is 0.0717. The van der Waals surface area contributed by atoms with E-state index in [1.165, 1.54) is 30.7 Å². The summed E-state index contributed by atoms with van der Waals surface area (Å²) in [7, 11) is 1.00. The van der Waals surface area contributed by atoms with E-state index in [0.717, 1.165) is 59.0 Å². The Labute approximate surface area is 288 Å². The number of alkyl halides is 3. The number of hydrogen-bond donors (Lipinski definition) is 6. The van der Waals surface area contributed by atoms with Gasteiger partial charge in [-0.2, -0.15) is 28.1 Å². The molecule has 2 aliphatic rings. The summed E-state index contributed by atoms with van der Waals surface area (Å²) in [4.78, 5) is 43.5. The zero-order valence-electron chi connectivity index (χ0n) is 26.3. The lowest BCUT2D eigenvalue weighted by Gasteiger charge is -2.27. The molecule has 2 aliphatic heterocycles. The molecule has 2 aromatic carbocycles. The number of halogens is 4. The Morgan fingerprint density at radius 1 is 0.787 bits per heavy atom. The van der Waals surface area contributed by atoms with Gasteiger partial charge in [0, 0.05) is 60.8 Å². The van der Waals surface area contributed by atoms with E-state index in [1.54, 1.807) is 24.3 Å². The van der Waals surface area contributed by atoms with Gasteiger partial charge in [-0.05, 0) is 92.4 Å². The lowest BCUT2D eigenvalue weighted by Crippen LogP contribution is -2.32. The molecule has 2 saturated heterocycles. The number of ketones is 1. The molecule has 1 amide bonds. The van der Waals surface area contributed by atoms with Crippen LogP contribution in [0.2, 0.25) is 0 Å². The molecule has 0 saturated carbocycles. The van der Waals surface area contributed by atoms with Crippen molar-refractivity contribution in [3.8, 4) is 0 Å². The van der Waals surface area contributed by atoms with E-state index >= 15 is 0 Å². The summed E-state index contributed by atoms with van der Waals surface area (Å²) >= 11 is -0.236. The highest BCUT2D eigenvalue weighted by molar-refractivity contribution is 8.00. The van der Waals surface area contributed by atoms with Crippen LogP contribution in [0.4, 0.5) is 42.4 Å². The molecule has 12 N–H and O–H groups in total. The number of nitrogens with one attached hydrogen (secondary N) is 2. The number of rotatable bonds is 9. The van der Waals surface area contributed by atoms with Gasteiger partial charge in [0.25, 0.3) is 0 Å². The number of hydrogen-bond acceptors (Lipinski definition) is 13. The minimum Gasteiger partial charge on any atom is -0.400 e. The smallest absolute Gasteiger partial charge is 0.400 e. The highest BCUT2D eigenvalue weighted by Gasteiger charge is 2.29. The lowest BCUT2D eigenvalue weighted by molar-refractivity contribution is -0.115. The second kappa shape index (κ2) is 20.5. The number of amides is 1. The van der Waals surface area contributed by atoms with E-state index in [-0.39, 0.29) is 59.0 Å². The molecule has 0 atom stereocenters. The number of nitrogens with zero attached hydrogens (tertiary/aromatic N) is 5. The first-order valence-corrected chi connectivity index (χ1v) is 14.8. The Morgan fingerprint density at radius 2 is 1.26 bits per heavy atom. The Bertz CT molecular complexity index is 1400. The van der Waals surface area contributed by atoms with Gasteiger partial charge in [0.2, 0.25) is 23.8 Å². The average molecular weight is 713 g/mol. The van der Waals surface area contributed by atoms with Crippen LogP contribution >= 0.6 is 24.2 Å². The summed E-state index contributed by atoms with van der Waals surface area (Å²) in [6.45, 7) is 3.65. The number of thioether (sulfide) groups is 1. The van der Waals surface area contributed by atoms with E-state index < -0.39 is 17.8 Å². The maximum atomic E-state index is 12.7. The predicted molar refractivity (Wildman–Crippen MR) is 192 cm³/mol. The molecule has 0 bridgehead atoms. The molecule has 5 rings (SSSR count). The van der Waals surface area contributed by atoms with Crippen molar-refractivity contribution >= 4 is 65.1 Å². The van der Waals surface area contributed by atoms with Crippen LogP contribution in [0.3, 0.4) is 0 Å². The van der Waals surface area contributed by atoms with Gasteiger partial charge in [-0.15, -0.1) is 12.4 Å². The molecule has 18 heteroatoms. The third-order valence-corrected chi connectivity index (χ3v) is 7.53. The molecule has 13 nitrogen and oxygen atoms in total. The molecule has 0 spiro atoms. The number of carbonyl (C=O) groups is 2. The predicted octanol–water partition coefficient (Wildman–Crippen LogP) is 7.53. The first-order valence-electron chi connectivity index (χ1n) is 14.0. The summed E-state index contributed by atoms with van der Waals surface area (Å²) in [5.74, 6) is 0.809. The third-order valence-electron chi connectivity index (χ3n) is 6.80. The van der Waals surface area contributed by atoms with E-state index in [2.05, 4.69) is 30.4 Å². The fourth-order valence-corrected chi connectivity index (χ4v) is 5.30. The number of carbonyl (C=O) groups excluding carboxylic acids is 2. The minimum atomic E-state index is -4.39. The van der Waals surface area contributed by atoms with Crippen LogP contribution in [0.5, 0.6) is 0 Å². The Kier molecular flexibility index (Phi) is 18.9. The molecule has 0 unspecified atom stereocenters. The van der Waals surface area contributed by atoms with Crippen molar-refractivity contribution in [1.29, 1.82) is 0 Å². The van der Waals surface area contributed by atoms with Gasteiger partial charge in [-0.1, -0.05) is 0 Å². The number of aromatic nitrogens is 3. The molecule has 1 aromatic heterocycles. The van der Waals surface area contributed by atoms with E-state index in [1.807, 2.05) is 0 Å². The zero-order valence-corrected chi connectivity index (χ0v) is 27.9. The van der Waals surface area contributed by atoms with Crippen molar-refractivity contribution in [2.75, 3.05) is 53.7 Å². The van der Waals surface area contributed by atoms with Gasteiger partial charge in [-0.25, -0.2) is 0 Å². The first kappa shape index (κ1) is 43.3. The molecule has 0 aliphatic carbocycles. The fraction of sp³-hybridized carbons (Fsp3) is 0.414. The van der Waals surface area contributed by atoms with E-state index in [9.17, 15) is 22.8 Å². The second-order valence-electron chi connectivity index (χ2n) is 9.92. The second-order valence-corrected chi connectivity index (χ2v) is 11.1. The minimum absolute atomic E-state index is 0. The van der Waals surface area contributed by atoms with Crippen molar-refractivity contribution in [3.63, 3.8) is 0 Å². The summed E-state index contributed by atoms with van der Waals surface area (Å²) in [5.41, 5.74) is -3.04. The zero-order chi connectivity index (χ0) is 30.8. The van der Waals surface area contributed by atoms with E-state index in [4.69, 9.17) is 10.1 Å². The van der Waals surface area contributed by atoms with Gasteiger partial charge in [-0.3, -0.25) is 9.59 Å². The third kappa shape index (κ3) is 13.1. The van der Waals surface area contributed by atoms with Crippen molar-refractivity contribution in [3.05, 3.63) is 54.1 Å². The largest absolute Gasteiger partial charge is 0.446 e. The van der Waals surface area contributed by atoms with Gasteiger partial charge in [0.1, 0.15) is 0 Å². The Morgan fingerprint density at radius 3 is 1.74 bits per heavy atom. The molecule has 47 heavy (non-hydrogen) atoms. The lowest BCUT2D eigenvalue weighted by atomic mass is 10.1. The van der Waals surface area contributed by atoms with Crippen LogP contribution in [0.1, 0.15) is 54.6 Å². The number of Topliss-reactive ketones (excluding diaryl/α,β-unsaturated/α-hetero) is 1. The molecule has 3 heterocycles. The standard InChI is InChI=1S/C28H30F3N7O2S.CH4O.ClH.3H3N.4H2/c29-28(30,31)41-22-12-10-20(11-13-22)32-24(40)18-23(39)19-6-8-21(9-7-19)33-25-34-26(37-14-2-1-3-15-37)36-27(35-25)38-16-4-5-17-38;1-2;;;;;;;;/h6-13H,1-5,14-18H2,(H,32,40)(H,33,34,35,36);2H,1H3;1H;3*1H3;4*1H. The Balaban J connectivity index is -0.000000693. The number of benzene rings is 2. The number of piperidine rings is 1. The van der Waals surface area contributed by atoms with Crippen molar-refractivity contribution < 1.29 is 33.6 Å². The highest BCUT2D eigenvalue weighted by atomic mass is 35.5. The van der Waals surface area contributed by atoms with Crippen LogP contribution < -0.4 is 38.9 Å². The Hall–Kier alpha value is -3.74. The van der Waals surface area contributed by atoms with Crippen LogP contribution in [-0.2, 0) is 4.79 Å². The summed E-state index contributed by atoms with van der Waals surface area (Å²) in [6, 6.07) is 11.9.